The van der Waals surface area contributed by atoms with Crippen molar-refractivity contribution >= 4 is 23.7 Å². The van der Waals surface area contributed by atoms with Gasteiger partial charge in [0.2, 0.25) is 0 Å². The highest BCUT2D eigenvalue weighted by Crippen LogP contribution is 2.19. The van der Waals surface area contributed by atoms with Crippen molar-refractivity contribution in [1.82, 2.24) is 14.5 Å². The summed E-state index contributed by atoms with van der Waals surface area (Å²) in [5.74, 6) is 1.76. The molecule has 0 spiro atoms. The lowest BCUT2D eigenvalue weighted by Crippen LogP contribution is -2.15. The second kappa shape index (κ2) is 5.76. The van der Waals surface area contributed by atoms with E-state index < -0.39 is 0 Å². The Labute approximate surface area is 114 Å². The maximum absolute atomic E-state index is 4.66. The fourth-order valence-corrected chi connectivity index (χ4v) is 2.45. The van der Waals surface area contributed by atoms with Gasteiger partial charge in [0.05, 0.1) is 11.0 Å². The first kappa shape index (κ1) is 13.4. The molecule has 0 aliphatic rings. The van der Waals surface area contributed by atoms with E-state index in [1.54, 1.807) is 0 Å². The Kier molecular flexibility index (Phi) is 4.30. The van der Waals surface area contributed by atoms with Crippen LogP contribution in [0.15, 0.2) is 18.2 Å². The number of hydrogen-bond donors (Lipinski definition) is 1. The number of aromatic nitrogens is 2. The molecule has 0 N–H and O–H groups in total. The van der Waals surface area contributed by atoms with Crippen LogP contribution in [-0.2, 0) is 12.3 Å². The van der Waals surface area contributed by atoms with Crippen LogP contribution in [-0.4, -0.2) is 35.1 Å². The maximum atomic E-state index is 4.66. The van der Waals surface area contributed by atoms with Gasteiger partial charge in [-0.2, -0.15) is 12.6 Å². The van der Waals surface area contributed by atoms with E-state index in [9.17, 15) is 0 Å². The van der Waals surface area contributed by atoms with Gasteiger partial charge in [0, 0.05) is 12.3 Å². The monoisotopic (exact) mass is 263 g/mol. The van der Waals surface area contributed by atoms with Gasteiger partial charge in [-0.1, -0.05) is 6.07 Å². The molecule has 1 aromatic heterocycles. The van der Waals surface area contributed by atoms with Crippen molar-refractivity contribution in [3.63, 3.8) is 0 Å². The molecular weight excluding hydrogens is 242 g/mol. The van der Waals surface area contributed by atoms with Gasteiger partial charge in [-0.25, -0.2) is 4.98 Å². The van der Waals surface area contributed by atoms with Crippen molar-refractivity contribution in [2.45, 2.75) is 25.6 Å². The maximum Gasteiger partial charge on any atom is 0.119 e. The molecule has 18 heavy (non-hydrogen) atoms. The summed E-state index contributed by atoms with van der Waals surface area (Å²) in [4.78, 5) is 6.87. The van der Waals surface area contributed by atoms with Gasteiger partial charge in [-0.05, 0) is 51.7 Å². The zero-order chi connectivity index (χ0) is 13.1. The van der Waals surface area contributed by atoms with E-state index in [0.29, 0.717) is 5.75 Å². The molecule has 2 rings (SSSR count). The van der Waals surface area contributed by atoms with Gasteiger partial charge in [-0.3, -0.25) is 0 Å². The Bertz CT molecular complexity index is 531. The minimum atomic E-state index is 0.690. The lowest BCUT2D eigenvalue weighted by molar-refractivity contribution is 0.386. The zero-order valence-electron chi connectivity index (χ0n) is 11.3. The van der Waals surface area contributed by atoms with Gasteiger partial charge in [0.25, 0.3) is 0 Å². The summed E-state index contributed by atoms with van der Waals surface area (Å²) in [7, 11) is 4.21. The number of rotatable bonds is 5. The molecule has 0 saturated heterocycles. The number of fused-ring (bicyclic) bond motifs is 1. The fourth-order valence-electron chi connectivity index (χ4n) is 2.20. The molecule has 0 atom stereocenters. The van der Waals surface area contributed by atoms with Crippen molar-refractivity contribution in [2.75, 3.05) is 20.6 Å². The molecule has 0 aliphatic heterocycles. The summed E-state index contributed by atoms with van der Waals surface area (Å²) in [6, 6.07) is 6.46. The predicted molar refractivity (Wildman–Crippen MR) is 80.3 cm³/mol. The Hall–Kier alpha value is -1.00. The molecule has 1 heterocycles. The molecule has 4 heteroatoms. The van der Waals surface area contributed by atoms with Crippen molar-refractivity contribution in [1.29, 1.82) is 0 Å². The Morgan fingerprint density at radius 2 is 2.11 bits per heavy atom. The van der Waals surface area contributed by atoms with Crippen LogP contribution in [0.1, 0.15) is 17.8 Å². The second-order valence-corrected chi connectivity index (χ2v) is 5.30. The quantitative estimate of drug-likeness (QED) is 0.837. The molecule has 3 nitrogen and oxygen atoms in total. The zero-order valence-corrected chi connectivity index (χ0v) is 12.2. The molecule has 0 bridgehead atoms. The van der Waals surface area contributed by atoms with E-state index in [1.807, 2.05) is 0 Å². The van der Waals surface area contributed by atoms with Gasteiger partial charge < -0.3 is 9.47 Å². The molecule has 0 radical (unpaired) electrons. The van der Waals surface area contributed by atoms with Crippen molar-refractivity contribution in [3.05, 3.63) is 29.6 Å². The summed E-state index contributed by atoms with van der Waals surface area (Å²) < 4.78 is 2.30. The molecule has 0 amide bonds. The van der Waals surface area contributed by atoms with Gasteiger partial charge >= 0.3 is 0 Å². The standard InChI is InChI=1S/C14H21N3S/c1-11-5-6-13-12(9-11)15-14(10-18)17(13)8-4-7-16(2)3/h5-6,9,18H,4,7-8,10H2,1-3H3. The molecule has 2 aromatic rings. The highest BCUT2D eigenvalue weighted by molar-refractivity contribution is 7.79. The Morgan fingerprint density at radius 1 is 1.33 bits per heavy atom. The minimum absolute atomic E-state index is 0.690. The Morgan fingerprint density at radius 3 is 2.78 bits per heavy atom. The average molecular weight is 263 g/mol. The summed E-state index contributed by atoms with van der Waals surface area (Å²) in [6.07, 6.45) is 1.13. The van der Waals surface area contributed by atoms with Crippen LogP contribution >= 0.6 is 12.6 Å². The van der Waals surface area contributed by atoms with Crippen LogP contribution in [0, 0.1) is 6.92 Å². The predicted octanol–water partition coefficient (Wildman–Crippen LogP) is 2.73. The fraction of sp³-hybridized carbons (Fsp3) is 0.500. The average Bonchev–Trinajstić information content (AvgIpc) is 2.66. The summed E-state index contributed by atoms with van der Waals surface area (Å²) in [5, 5.41) is 0. The topological polar surface area (TPSA) is 21.1 Å². The first-order valence-electron chi connectivity index (χ1n) is 6.33. The van der Waals surface area contributed by atoms with Crippen molar-refractivity contribution < 1.29 is 0 Å². The SMILES string of the molecule is Cc1ccc2c(c1)nc(CS)n2CCCN(C)C. The normalized spacial score (nSPS) is 11.6. The number of hydrogen-bond acceptors (Lipinski definition) is 3. The van der Waals surface area contributed by atoms with Crippen LogP contribution < -0.4 is 0 Å². The molecule has 0 fully saturated rings. The Balaban J connectivity index is 2.29. The second-order valence-electron chi connectivity index (χ2n) is 4.99. The molecule has 0 saturated carbocycles. The number of benzene rings is 1. The van der Waals surface area contributed by atoms with Gasteiger partial charge in [0.1, 0.15) is 5.82 Å². The number of nitrogens with zero attached hydrogens (tertiary/aromatic N) is 3. The number of thiol groups is 1. The molecule has 0 aliphatic carbocycles. The van der Waals surface area contributed by atoms with Crippen LogP contribution in [0.2, 0.25) is 0 Å². The van der Waals surface area contributed by atoms with Crippen molar-refractivity contribution in [3.8, 4) is 0 Å². The summed E-state index contributed by atoms with van der Waals surface area (Å²) in [6.45, 7) is 4.20. The molecule has 1 aromatic carbocycles. The van der Waals surface area contributed by atoms with Crippen LogP contribution in [0.25, 0.3) is 11.0 Å². The smallest absolute Gasteiger partial charge is 0.119 e. The van der Waals surface area contributed by atoms with Gasteiger partial charge in [0.15, 0.2) is 0 Å². The number of imidazole rings is 1. The van der Waals surface area contributed by atoms with Crippen molar-refractivity contribution in [2.24, 2.45) is 0 Å². The highest BCUT2D eigenvalue weighted by Gasteiger charge is 2.09. The number of aryl methyl sites for hydroxylation is 2. The summed E-state index contributed by atoms with van der Waals surface area (Å²) >= 11 is 4.39. The lowest BCUT2D eigenvalue weighted by atomic mass is 10.2. The van der Waals surface area contributed by atoms with E-state index in [4.69, 9.17) is 0 Å². The van der Waals surface area contributed by atoms with Crippen LogP contribution in [0.4, 0.5) is 0 Å². The first-order chi connectivity index (χ1) is 8.61. The van der Waals surface area contributed by atoms with E-state index >= 15 is 0 Å². The molecular formula is C14H21N3S. The van der Waals surface area contributed by atoms with Crippen LogP contribution in [0.5, 0.6) is 0 Å². The lowest BCUT2D eigenvalue weighted by Gasteiger charge is -2.11. The largest absolute Gasteiger partial charge is 0.327 e. The molecule has 98 valence electrons. The summed E-state index contributed by atoms with van der Waals surface area (Å²) in [5.41, 5.74) is 3.57. The van der Waals surface area contributed by atoms with E-state index in [2.05, 4.69) is 66.3 Å². The highest BCUT2D eigenvalue weighted by atomic mass is 32.1. The third-order valence-corrected chi connectivity index (χ3v) is 3.39. The molecule has 0 unspecified atom stereocenters. The van der Waals surface area contributed by atoms with Crippen LogP contribution in [0.3, 0.4) is 0 Å². The van der Waals surface area contributed by atoms with E-state index in [1.165, 1.54) is 11.1 Å². The van der Waals surface area contributed by atoms with E-state index in [-0.39, 0.29) is 0 Å². The third-order valence-electron chi connectivity index (χ3n) is 3.11. The minimum Gasteiger partial charge on any atom is -0.327 e. The third kappa shape index (κ3) is 2.87. The van der Waals surface area contributed by atoms with E-state index in [0.717, 1.165) is 30.9 Å². The van der Waals surface area contributed by atoms with Gasteiger partial charge in [-0.15, -0.1) is 0 Å². The first-order valence-corrected chi connectivity index (χ1v) is 6.96.